The number of hydrogen-bond acceptors (Lipinski definition) is 5. The predicted molar refractivity (Wildman–Crippen MR) is 105 cm³/mol. The van der Waals surface area contributed by atoms with E-state index in [1.807, 2.05) is 24.3 Å². The van der Waals surface area contributed by atoms with E-state index < -0.39 is 0 Å². The van der Waals surface area contributed by atoms with Gasteiger partial charge in [-0.25, -0.2) is 9.78 Å². The Balaban J connectivity index is 1.45. The Morgan fingerprint density at radius 2 is 2.04 bits per heavy atom. The molecule has 3 N–H and O–H groups in total. The fourth-order valence-electron chi connectivity index (χ4n) is 3.10. The molecule has 1 aromatic heterocycles. The number of nitrogens with one attached hydrogen (secondary N) is 3. The molecule has 1 aromatic carbocycles. The molecule has 0 spiro atoms. The number of nitrogens with zero attached hydrogens (tertiary/aromatic N) is 1. The van der Waals surface area contributed by atoms with Gasteiger partial charge in [0.15, 0.2) is 5.13 Å². The van der Waals surface area contributed by atoms with E-state index >= 15 is 0 Å². The van der Waals surface area contributed by atoms with Crippen molar-refractivity contribution in [2.45, 2.75) is 44.7 Å². The normalized spacial score (nSPS) is 14.0. The monoisotopic (exact) mass is 388 g/mol. The molecule has 1 aliphatic carbocycles. The number of benzene rings is 1. The van der Waals surface area contributed by atoms with Crippen LogP contribution in [0.3, 0.4) is 0 Å². The van der Waals surface area contributed by atoms with E-state index in [1.54, 1.807) is 12.5 Å². The highest BCUT2D eigenvalue weighted by atomic mass is 32.1. The highest BCUT2D eigenvalue weighted by Crippen LogP contribution is 2.19. The largest absolute Gasteiger partial charge is 0.496 e. The molecule has 0 saturated heterocycles. The molecule has 0 radical (unpaired) electrons. The van der Waals surface area contributed by atoms with Crippen LogP contribution < -0.4 is 20.7 Å². The van der Waals surface area contributed by atoms with Crippen LogP contribution in [0, 0.1) is 0 Å². The van der Waals surface area contributed by atoms with E-state index in [4.69, 9.17) is 4.74 Å². The molecule has 0 bridgehead atoms. The SMILES string of the molecule is COc1ccccc1CNC(=O)Cc1csc(NC(=O)NC2CCCC2)n1. The summed E-state index contributed by atoms with van der Waals surface area (Å²) < 4.78 is 5.28. The van der Waals surface area contributed by atoms with Crippen LogP contribution in [0.15, 0.2) is 29.6 Å². The number of anilines is 1. The molecular formula is C19H24N4O3S. The number of rotatable bonds is 7. The zero-order valence-electron chi connectivity index (χ0n) is 15.3. The van der Waals surface area contributed by atoms with Crippen LogP contribution in [0.25, 0.3) is 0 Å². The summed E-state index contributed by atoms with van der Waals surface area (Å²) in [5.41, 5.74) is 1.55. The van der Waals surface area contributed by atoms with Crippen molar-refractivity contribution in [3.05, 3.63) is 40.9 Å². The molecule has 1 fully saturated rings. The van der Waals surface area contributed by atoms with Gasteiger partial charge in [-0.05, 0) is 18.9 Å². The van der Waals surface area contributed by atoms with Crippen molar-refractivity contribution in [2.24, 2.45) is 0 Å². The Morgan fingerprint density at radius 3 is 2.81 bits per heavy atom. The highest BCUT2D eigenvalue weighted by molar-refractivity contribution is 7.13. The Labute approximate surface area is 162 Å². The van der Waals surface area contributed by atoms with Gasteiger partial charge in [-0.3, -0.25) is 10.1 Å². The molecular weight excluding hydrogens is 364 g/mol. The molecule has 144 valence electrons. The minimum absolute atomic E-state index is 0.131. The van der Waals surface area contributed by atoms with E-state index in [0.717, 1.165) is 37.0 Å². The van der Waals surface area contributed by atoms with Crippen LogP contribution in [0.4, 0.5) is 9.93 Å². The smallest absolute Gasteiger partial charge is 0.321 e. The minimum Gasteiger partial charge on any atom is -0.496 e. The number of hydrogen-bond donors (Lipinski definition) is 3. The lowest BCUT2D eigenvalue weighted by atomic mass is 10.2. The lowest BCUT2D eigenvalue weighted by Crippen LogP contribution is -2.36. The summed E-state index contributed by atoms with van der Waals surface area (Å²) in [6.07, 6.45) is 4.55. The number of urea groups is 1. The molecule has 0 aliphatic heterocycles. The molecule has 1 heterocycles. The maximum Gasteiger partial charge on any atom is 0.321 e. The van der Waals surface area contributed by atoms with Gasteiger partial charge in [-0.15, -0.1) is 11.3 Å². The Morgan fingerprint density at radius 1 is 1.26 bits per heavy atom. The van der Waals surface area contributed by atoms with Gasteiger partial charge in [0, 0.05) is 23.5 Å². The molecule has 2 aromatic rings. The second-order valence-electron chi connectivity index (χ2n) is 6.49. The number of aromatic nitrogens is 1. The predicted octanol–water partition coefficient (Wildman–Crippen LogP) is 3.07. The number of amides is 3. The van der Waals surface area contributed by atoms with Gasteiger partial charge in [-0.1, -0.05) is 31.0 Å². The van der Waals surface area contributed by atoms with Gasteiger partial charge in [0.25, 0.3) is 0 Å². The van der Waals surface area contributed by atoms with E-state index in [0.29, 0.717) is 17.4 Å². The lowest BCUT2D eigenvalue weighted by Gasteiger charge is -2.11. The van der Waals surface area contributed by atoms with Crippen molar-refractivity contribution in [3.8, 4) is 5.75 Å². The van der Waals surface area contributed by atoms with Crippen molar-refractivity contribution in [1.29, 1.82) is 0 Å². The van der Waals surface area contributed by atoms with Crippen molar-refractivity contribution < 1.29 is 14.3 Å². The summed E-state index contributed by atoms with van der Waals surface area (Å²) in [7, 11) is 1.60. The maximum atomic E-state index is 12.2. The van der Waals surface area contributed by atoms with Crippen LogP contribution in [0.1, 0.15) is 36.9 Å². The summed E-state index contributed by atoms with van der Waals surface area (Å²) in [5, 5.41) is 10.8. The van der Waals surface area contributed by atoms with E-state index in [2.05, 4.69) is 20.9 Å². The Kier molecular flexibility index (Phi) is 6.64. The van der Waals surface area contributed by atoms with Gasteiger partial charge in [0.2, 0.25) is 5.91 Å². The average Bonchev–Trinajstić information content (AvgIpc) is 3.32. The lowest BCUT2D eigenvalue weighted by molar-refractivity contribution is -0.120. The number of thiazole rings is 1. The van der Waals surface area contributed by atoms with Crippen LogP contribution in [0.5, 0.6) is 5.75 Å². The number of methoxy groups -OCH3 is 1. The van der Waals surface area contributed by atoms with Crippen molar-refractivity contribution in [3.63, 3.8) is 0 Å². The zero-order chi connectivity index (χ0) is 19.1. The van der Waals surface area contributed by atoms with E-state index in [9.17, 15) is 9.59 Å². The second-order valence-corrected chi connectivity index (χ2v) is 7.35. The third kappa shape index (κ3) is 5.68. The molecule has 7 nitrogen and oxygen atoms in total. The van der Waals surface area contributed by atoms with Crippen molar-refractivity contribution in [1.82, 2.24) is 15.6 Å². The third-order valence-electron chi connectivity index (χ3n) is 4.47. The van der Waals surface area contributed by atoms with Crippen LogP contribution in [-0.2, 0) is 17.8 Å². The molecule has 0 atom stereocenters. The first-order valence-corrected chi connectivity index (χ1v) is 9.92. The molecule has 27 heavy (non-hydrogen) atoms. The number of para-hydroxylation sites is 1. The molecule has 8 heteroatoms. The van der Waals surface area contributed by atoms with Crippen LogP contribution in [0.2, 0.25) is 0 Å². The van der Waals surface area contributed by atoms with Gasteiger partial charge in [-0.2, -0.15) is 0 Å². The number of carbonyl (C=O) groups excluding carboxylic acids is 2. The summed E-state index contributed by atoms with van der Waals surface area (Å²) in [5.74, 6) is 0.611. The van der Waals surface area contributed by atoms with E-state index in [-0.39, 0.29) is 24.4 Å². The fraction of sp³-hybridized carbons (Fsp3) is 0.421. The summed E-state index contributed by atoms with van der Waals surface area (Å²) in [6, 6.07) is 7.58. The Bertz CT molecular complexity index is 787. The third-order valence-corrected chi connectivity index (χ3v) is 5.28. The topological polar surface area (TPSA) is 92.4 Å². The summed E-state index contributed by atoms with van der Waals surface area (Å²) >= 11 is 1.32. The molecule has 1 saturated carbocycles. The first-order chi connectivity index (χ1) is 13.1. The molecule has 3 amide bonds. The van der Waals surface area contributed by atoms with Crippen molar-refractivity contribution in [2.75, 3.05) is 12.4 Å². The summed E-state index contributed by atoms with van der Waals surface area (Å²) in [4.78, 5) is 28.4. The van der Waals surface area contributed by atoms with Gasteiger partial charge in [0.1, 0.15) is 5.75 Å². The van der Waals surface area contributed by atoms with Gasteiger partial charge in [0.05, 0.1) is 19.2 Å². The minimum atomic E-state index is -0.233. The highest BCUT2D eigenvalue weighted by Gasteiger charge is 2.17. The first kappa shape index (κ1) is 19.2. The quantitative estimate of drug-likeness (QED) is 0.680. The average molecular weight is 388 g/mol. The first-order valence-electron chi connectivity index (χ1n) is 9.04. The van der Waals surface area contributed by atoms with Crippen LogP contribution >= 0.6 is 11.3 Å². The number of ether oxygens (including phenoxy) is 1. The van der Waals surface area contributed by atoms with Gasteiger partial charge < -0.3 is 15.4 Å². The maximum absolute atomic E-state index is 12.2. The Hall–Kier alpha value is -2.61. The van der Waals surface area contributed by atoms with Gasteiger partial charge >= 0.3 is 6.03 Å². The van der Waals surface area contributed by atoms with Crippen molar-refractivity contribution >= 4 is 28.4 Å². The molecule has 0 unspecified atom stereocenters. The summed E-state index contributed by atoms with van der Waals surface area (Å²) in [6.45, 7) is 0.391. The zero-order valence-corrected chi connectivity index (χ0v) is 16.1. The molecule has 3 rings (SSSR count). The van der Waals surface area contributed by atoms with Crippen LogP contribution in [-0.4, -0.2) is 30.1 Å². The van der Waals surface area contributed by atoms with E-state index in [1.165, 1.54) is 11.3 Å². The molecule has 1 aliphatic rings. The fourth-order valence-corrected chi connectivity index (χ4v) is 3.81. The second kappa shape index (κ2) is 9.36. The standard InChI is InChI=1S/C19H24N4O3S/c1-26-16-9-5-2-6-13(16)11-20-17(24)10-15-12-27-19(22-15)23-18(25)21-14-7-3-4-8-14/h2,5-6,9,12,14H,3-4,7-8,10-11H2,1H3,(H,20,24)(H2,21,22,23,25). The number of carbonyl (C=O) groups is 2.